The lowest BCUT2D eigenvalue weighted by Gasteiger charge is -2.27. The Labute approximate surface area is 144 Å². The topological polar surface area (TPSA) is 49.6 Å². The van der Waals surface area contributed by atoms with Gasteiger partial charge in [0.15, 0.2) is 0 Å². The summed E-state index contributed by atoms with van der Waals surface area (Å²) in [6, 6.07) is 17.3. The van der Waals surface area contributed by atoms with Crippen LogP contribution in [0.5, 0.6) is 0 Å². The van der Waals surface area contributed by atoms with Gasteiger partial charge < -0.3 is 15.5 Å². The van der Waals surface area contributed by atoms with Gasteiger partial charge in [-0.15, -0.1) is 0 Å². The Kier molecular flexibility index (Phi) is 6.82. The molecule has 128 valence electrons. The first-order valence-corrected chi connectivity index (χ1v) is 8.55. The highest BCUT2D eigenvalue weighted by Gasteiger charge is 2.17. The SMILES string of the molecule is CCN(CC)CCN(Cc1ccccc1)C(=O)c1ccc(N)cc1. The molecule has 0 saturated carbocycles. The molecule has 0 radical (unpaired) electrons. The second kappa shape index (κ2) is 9.08. The maximum Gasteiger partial charge on any atom is 0.254 e. The van der Waals surface area contributed by atoms with Crippen LogP contribution < -0.4 is 5.73 Å². The number of rotatable bonds is 8. The number of benzene rings is 2. The third-order valence-corrected chi connectivity index (χ3v) is 4.24. The van der Waals surface area contributed by atoms with E-state index in [1.54, 1.807) is 24.3 Å². The van der Waals surface area contributed by atoms with E-state index in [4.69, 9.17) is 5.73 Å². The molecule has 0 saturated heterocycles. The number of likely N-dealkylation sites (N-methyl/N-ethyl adjacent to an activating group) is 1. The van der Waals surface area contributed by atoms with Gasteiger partial charge in [0.25, 0.3) is 5.91 Å². The summed E-state index contributed by atoms with van der Waals surface area (Å²) < 4.78 is 0. The normalized spacial score (nSPS) is 10.8. The fourth-order valence-electron chi connectivity index (χ4n) is 2.67. The molecule has 0 aromatic heterocycles. The summed E-state index contributed by atoms with van der Waals surface area (Å²) in [5.41, 5.74) is 8.22. The largest absolute Gasteiger partial charge is 0.399 e. The van der Waals surface area contributed by atoms with Crippen LogP contribution in [0.15, 0.2) is 54.6 Å². The lowest BCUT2D eigenvalue weighted by Crippen LogP contribution is -2.38. The average molecular weight is 325 g/mol. The summed E-state index contributed by atoms with van der Waals surface area (Å²) in [6.45, 7) is 8.47. The Morgan fingerprint density at radius 1 is 0.917 bits per heavy atom. The van der Waals surface area contributed by atoms with Crippen molar-refractivity contribution in [2.24, 2.45) is 0 Å². The third kappa shape index (κ3) is 5.10. The van der Waals surface area contributed by atoms with Gasteiger partial charge in [-0.25, -0.2) is 0 Å². The van der Waals surface area contributed by atoms with Gasteiger partial charge in [-0.1, -0.05) is 44.2 Å². The van der Waals surface area contributed by atoms with Crippen molar-refractivity contribution in [3.63, 3.8) is 0 Å². The number of carbonyl (C=O) groups excluding carboxylic acids is 1. The molecule has 0 fully saturated rings. The fraction of sp³-hybridized carbons (Fsp3) is 0.350. The molecule has 2 rings (SSSR count). The van der Waals surface area contributed by atoms with Crippen LogP contribution in [-0.2, 0) is 6.54 Å². The molecule has 0 atom stereocenters. The number of carbonyl (C=O) groups is 1. The van der Waals surface area contributed by atoms with Gasteiger partial charge in [-0.3, -0.25) is 4.79 Å². The highest BCUT2D eigenvalue weighted by Crippen LogP contribution is 2.12. The van der Waals surface area contributed by atoms with E-state index in [-0.39, 0.29) is 5.91 Å². The second-order valence-corrected chi connectivity index (χ2v) is 5.86. The summed E-state index contributed by atoms with van der Waals surface area (Å²) in [7, 11) is 0. The van der Waals surface area contributed by atoms with E-state index >= 15 is 0 Å². The highest BCUT2D eigenvalue weighted by molar-refractivity contribution is 5.94. The first-order chi connectivity index (χ1) is 11.6. The van der Waals surface area contributed by atoms with Crippen molar-refractivity contribution in [3.8, 4) is 0 Å². The van der Waals surface area contributed by atoms with Crippen LogP contribution in [0.1, 0.15) is 29.8 Å². The molecule has 0 bridgehead atoms. The van der Waals surface area contributed by atoms with Gasteiger partial charge in [0.05, 0.1) is 0 Å². The minimum absolute atomic E-state index is 0.0472. The number of hydrogen-bond donors (Lipinski definition) is 1. The first kappa shape index (κ1) is 18.0. The van der Waals surface area contributed by atoms with Crippen LogP contribution >= 0.6 is 0 Å². The molecule has 0 spiro atoms. The van der Waals surface area contributed by atoms with Gasteiger partial charge in [0.2, 0.25) is 0 Å². The van der Waals surface area contributed by atoms with Crippen LogP contribution in [0, 0.1) is 0 Å². The molecule has 0 unspecified atom stereocenters. The molecular weight excluding hydrogens is 298 g/mol. The van der Waals surface area contributed by atoms with Crippen LogP contribution in [0.25, 0.3) is 0 Å². The zero-order valence-electron chi connectivity index (χ0n) is 14.6. The van der Waals surface area contributed by atoms with Crippen LogP contribution in [0.2, 0.25) is 0 Å². The van der Waals surface area contributed by atoms with Crippen molar-refractivity contribution in [2.45, 2.75) is 20.4 Å². The molecular formula is C20H27N3O. The number of nitrogens with two attached hydrogens (primary N) is 1. The summed E-state index contributed by atoms with van der Waals surface area (Å²) in [6.07, 6.45) is 0. The number of nitrogen functional groups attached to an aromatic ring is 1. The molecule has 0 aliphatic heterocycles. The van der Waals surface area contributed by atoms with Crippen molar-refractivity contribution in [1.82, 2.24) is 9.80 Å². The maximum atomic E-state index is 12.9. The predicted molar refractivity (Wildman–Crippen MR) is 99.8 cm³/mol. The Morgan fingerprint density at radius 2 is 1.54 bits per heavy atom. The van der Waals surface area contributed by atoms with Crippen LogP contribution in [0.4, 0.5) is 5.69 Å². The zero-order chi connectivity index (χ0) is 17.4. The summed E-state index contributed by atoms with van der Waals surface area (Å²) in [5, 5.41) is 0. The molecule has 2 aromatic carbocycles. The quantitative estimate of drug-likeness (QED) is 0.758. The molecule has 24 heavy (non-hydrogen) atoms. The van der Waals surface area contributed by atoms with Crippen LogP contribution in [0.3, 0.4) is 0 Å². The summed E-state index contributed by atoms with van der Waals surface area (Å²) in [5.74, 6) is 0.0472. The number of anilines is 1. The molecule has 0 aliphatic carbocycles. The summed E-state index contributed by atoms with van der Waals surface area (Å²) >= 11 is 0. The lowest BCUT2D eigenvalue weighted by atomic mass is 10.1. The lowest BCUT2D eigenvalue weighted by molar-refractivity contribution is 0.0724. The Hall–Kier alpha value is -2.33. The van der Waals surface area contributed by atoms with Gasteiger partial charge >= 0.3 is 0 Å². The third-order valence-electron chi connectivity index (χ3n) is 4.24. The Balaban J connectivity index is 2.14. The van der Waals surface area contributed by atoms with E-state index in [1.807, 2.05) is 23.1 Å². The first-order valence-electron chi connectivity index (χ1n) is 8.55. The average Bonchev–Trinajstić information content (AvgIpc) is 2.62. The molecule has 2 N–H and O–H groups in total. The number of hydrogen-bond acceptors (Lipinski definition) is 3. The van der Waals surface area contributed by atoms with Crippen LogP contribution in [-0.4, -0.2) is 41.9 Å². The molecule has 4 nitrogen and oxygen atoms in total. The van der Waals surface area contributed by atoms with E-state index in [9.17, 15) is 4.79 Å². The van der Waals surface area contributed by atoms with Crippen molar-refractivity contribution in [1.29, 1.82) is 0 Å². The predicted octanol–water partition coefficient (Wildman–Crippen LogP) is 3.25. The van der Waals surface area contributed by atoms with E-state index in [0.717, 1.165) is 25.2 Å². The fourth-order valence-corrected chi connectivity index (χ4v) is 2.67. The van der Waals surface area contributed by atoms with Crippen molar-refractivity contribution in [3.05, 3.63) is 65.7 Å². The standard InChI is InChI=1S/C20H27N3O/c1-3-22(4-2)14-15-23(16-17-8-6-5-7-9-17)20(24)18-10-12-19(21)13-11-18/h5-13H,3-4,14-16,21H2,1-2H3. The van der Waals surface area contributed by atoms with E-state index in [2.05, 4.69) is 30.9 Å². The van der Waals surface area contributed by atoms with Crippen molar-refractivity contribution < 1.29 is 4.79 Å². The Bertz CT molecular complexity index is 621. The second-order valence-electron chi connectivity index (χ2n) is 5.86. The molecule has 0 aliphatic rings. The molecule has 2 aromatic rings. The van der Waals surface area contributed by atoms with Gasteiger partial charge in [-0.05, 0) is 42.9 Å². The van der Waals surface area contributed by atoms with Gasteiger partial charge in [0.1, 0.15) is 0 Å². The smallest absolute Gasteiger partial charge is 0.254 e. The molecule has 4 heteroatoms. The zero-order valence-corrected chi connectivity index (χ0v) is 14.6. The van der Waals surface area contributed by atoms with Crippen molar-refractivity contribution >= 4 is 11.6 Å². The minimum atomic E-state index is 0.0472. The number of amides is 1. The van der Waals surface area contributed by atoms with Gasteiger partial charge in [0, 0.05) is 30.9 Å². The minimum Gasteiger partial charge on any atom is -0.399 e. The van der Waals surface area contributed by atoms with Crippen molar-refractivity contribution in [2.75, 3.05) is 31.9 Å². The van der Waals surface area contributed by atoms with Gasteiger partial charge in [-0.2, -0.15) is 0 Å². The van der Waals surface area contributed by atoms with E-state index < -0.39 is 0 Å². The summed E-state index contributed by atoms with van der Waals surface area (Å²) in [4.78, 5) is 17.2. The Morgan fingerprint density at radius 3 is 2.12 bits per heavy atom. The van der Waals surface area contributed by atoms with E-state index in [0.29, 0.717) is 24.3 Å². The highest BCUT2D eigenvalue weighted by atomic mass is 16.2. The molecule has 1 amide bonds. The maximum absolute atomic E-state index is 12.9. The molecule has 0 heterocycles. The number of nitrogens with zero attached hydrogens (tertiary/aromatic N) is 2. The monoisotopic (exact) mass is 325 g/mol. The van der Waals surface area contributed by atoms with E-state index in [1.165, 1.54) is 0 Å².